The highest BCUT2D eigenvalue weighted by Gasteiger charge is 2.28. The molecule has 3 rings (SSSR count). The van der Waals surface area contributed by atoms with Crippen LogP contribution in [0.15, 0.2) is 24.3 Å². The lowest BCUT2D eigenvalue weighted by atomic mass is 9.99. The second kappa shape index (κ2) is 6.60. The molecule has 1 amide bonds. The van der Waals surface area contributed by atoms with Crippen molar-refractivity contribution in [1.82, 2.24) is 9.27 Å². The molecule has 126 valence electrons. The first-order chi connectivity index (χ1) is 11.5. The highest BCUT2D eigenvalue weighted by molar-refractivity contribution is 7.10. The number of hydrogen-bond acceptors (Lipinski definition) is 6. The van der Waals surface area contributed by atoms with E-state index in [1.165, 1.54) is 5.56 Å². The molecule has 0 saturated carbocycles. The van der Waals surface area contributed by atoms with E-state index in [0.29, 0.717) is 23.8 Å². The van der Waals surface area contributed by atoms with Gasteiger partial charge in [0.25, 0.3) is 5.91 Å². The average molecular weight is 345 g/mol. The van der Waals surface area contributed by atoms with Crippen molar-refractivity contribution < 1.29 is 14.3 Å². The van der Waals surface area contributed by atoms with Crippen LogP contribution in [0.4, 0.5) is 5.00 Å². The molecule has 1 aliphatic heterocycles. The topological polar surface area (TPSA) is 85.5 Å². The van der Waals surface area contributed by atoms with E-state index in [-0.39, 0.29) is 11.5 Å². The minimum Gasteiger partial charge on any atom is -0.449 e. The molecule has 6 nitrogen and oxygen atoms in total. The van der Waals surface area contributed by atoms with Crippen molar-refractivity contribution in [3.63, 3.8) is 0 Å². The van der Waals surface area contributed by atoms with Gasteiger partial charge in [-0.05, 0) is 42.9 Å². The van der Waals surface area contributed by atoms with Gasteiger partial charge in [0.05, 0.1) is 5.69 Å². The number of aromatic nitrogens is 1. The predicted molar refractivity (Wildman–Crippen MR) is 91.7 cm³/mol. The maximum absolute atomic E-state index is 12.6. The summed E-state index contributed by atoms with van der Waals surface area (Å²) in [5.74, 6) is -0.797. The fourth-order valence-corrected chi connectivity index (χ4v) is 3.50. The van der Waals surface area contributed by atoms with Crippen LogP contribution in [0, 0.1) is 6.92 Å². The van der Waals surface area contributed by atoms with E-state index < -0.39 is 12.1 Å². The Morgan fingerprint density at radius 3 is 2.71 bits per heavy atom. The fraction of sp³-hybridized carbons (Fsp3) is 0.353. The van der Waals surface area contributed by atoms with Gasteiger partial charge in [0.15, 0.2) is 6.10 Å². The van der Waals surface area contributed by atoms with Crippen molar-refractivity contribution in [3.05, 3.63) is 46.6 Å². The molecule has 7 heteroatoms. The Bertz CT molecular complexity index is 768. The van der Waals surface area contributed by atoms with E-state index in [1.807, 2.05) is 18.2 Å². The molecule has 0 radical (unpaired) electrons. The van der Waals surface area contributed by atoms with Gasteiger partial charge in [-0.2, -0.15) is 4.37 Å². The lowest BCUT2D eigenvalue weighted by molar-refractivity contribution is -0.140. The second-order valence-electron chi connectivity index (χ2n) is 5.83. The molecule has 0 spiro atoms. The number of rotatable bonds is 3. The van der Waals surface area contributed by atoms with Crippen LogP contribution in [-0.2, 0) is 22.5 Å². The number of anilines is 1. The molecule has 0 bridgehead atoms. The molecular formula is C17H19N3O3S. The minimum absolute atomic E-state index is 0.197. The van der Waals surface area contributed by atoms with E-state index in [1.54, 1.807) is 18.7 Å². The van der Waals surface area contributed by atoms with Crippen molar-refractivity contribution in [3.8, 4) is 0 Å². The third-order valence-electron chi connectivity index (χ3n) is 4.17. The highest BCUT2D eigenvalue weighted by Crippen LogP contribution is 2.23. The standard InChI is InChI=1S/C17H19N3O3S/c1-10-14(15(18)24-19-10)17(22)23-11(2)16(21)20-8-7-12-5-3-4-6-13(12)9-20/h3-6,11H,7-9,18H2,1-2H3/t11-/m1/s1. The van der Waals surface area contributed by atoms with Crippen molar-refractivity contribution in [2.45, 2.75) is 32.9 Å². The van der Waals surface area contributed by atoms with E-state index >= 15 is 0 Å². The van der Waals surface area contributed by atoms with Gasteiger partial charge >= 0.3 is 5.97 Å². The number of nitrogens with two attached hydrogens (primary N) is 1. The van der Waals surface area contributed by atoms with Crippen LogP contribution in [0.1, 0.15) is 34.1 Å². The van der Waals surface area contributed by atoms with Crippen LogP contribution >= 0.6 is 11.5 Å². The summed E-state index contributed by atoms with van der Waals surface area (Å²) in [4.78, 5) is 26.5. The quantitative estimate of drug-likeness (QED) is 0.862. The molecule has 1 aliphatic rings. The van der Waals surface area contributed by atoms with Crippen LogP contribution in [0.5, 0.6) is 0 Å². The van der Waals surface area contributed by atoms with E-state index in [9.17, 15) is 9.59 Å². The molecule has 1 aromatic carbocycles. The van der Waals surface area contributed by atoms with Crippen LogP contribution in [0.3, 0.4) is 0 Å². The molecule has 0 aliphatic carbocycles. The number of hydrogen-bond donors (Lipinski definition) is 1. The van der Waals surface area contributed by atoms with E-state index in [2.05, 4.69) is 10.4 Å². The maximum Gasteiger partial charge on any atom is 0.343 e. The first kappa shape index (κ1) is 16.4. The zero-order valence-electron chi connectivity index (χ0n) is 13.6. The predicted octanol–water partition coefficient (Wildman–Crippen LogP) is 2.16. The van der Waals surface area contributed by atoms with Crippen molar-refractivity contribution >= 4 is 28.4 Å². The van der Waals surface area contributed by atoms with Crippen LogP contribution in [0.25, 0.3) is 0 Å². The number of carbonyl (C=O) groups is 2. The Hall–Kier alpha value is -2.41. The normalized spacial score (nSPS) is 14.8. The van der Waals surface area contributed by atoms with E-state index in [0.717, 1.165) is 23.5 Å². The number of aryl methyl sites for hydroxylation is 1. The molecule has 2 N–H and O–H groups in total. The maximum atomic E-state index is 12.6. The molecule has 0 fully saturated rings. The highest BCUT2D eigenvalue weighted by atomic mass is 32.1. The van der Waals surface area contributed by atoms with Crippen LogP contribution in [-0.4, -0.2) is 33.8 Å². The lowest BCUT2D eigenvalue weighted by Gasteiger charge is -2.30. The molecule has 0 unspecified atom stereocenters. The summed E-state index contributed by atoms with van der Waals surface area (Å²) in [7, 11) is 0. The number of nitrogen functional groups attached to an aromatic ring is 1. The molecule has 2 aromatic rings. The summed E-state index contributed by atoms with van der Waals surface area (Å²) in [5, 5.41) is 0.309. The van der Waals surface area contributed by atoms with Gasteiger partial charge in [0, 0.05) is 13.1 Å². The number of amides is 1. The Labute approximate surface area is 144 Å². The summed E-state index contributed by atoms with van der Waals surface area (Å²) < 4.78 is 9.34. The first-order valence-electron chi connectivity index (χ1n) is 7.75. The number of benzene rings is 1. The third kappa shape index (κ3) is 3.12. The second-order valence-corrected chi connectivity index (χ2v) is 6.64. The smallest absolute Gasteiger partial charge is 0.343 e. The van der Waals surface area contributed by atoms with Crippen molar-refractivity contribution in [2.75, 3.05) is 12.3 Å². The van der Waals surface area contributed by atoms with E-state index in [4.69, 9.17) is 10.5 Å². The number of fused-ring (bicyclic) bond motifs is 1. The Morgan fingerprint density at radius 1 is 1.33 bits per heavy atom. The Morgan fingerprint density at radius 2 is 2.04 bits per heavy atom. The van der Waals surface area contributed by atoms with Gasteiger partial charge < -0.3 is 15.4 Å². The number of ether oxygens (including phenoxy) is 1. The van der Waals surface area contributed by atoms with Gasteiger partial charge in [0.2, 0.25) is 0 Å². The van der Waals surface area contributed by atoms with Gasteiger partial charge in [-0.3, -0.25) is 4.79 Å². The lowest BCUT2D eigenvalue weighted by Crippen LogP contribution is -2.42. The third-order valence-corrected chi connectivity index (χ3v) is 4.93. The van der Waals surface area contributed by atoms with Gasteiger partial charge in [0.1, 0.15) is 10.6 Å². The van der Waals surface area contributed by atoms with Gasteiger partial charge in [-0.1, -0.05) is 24.3 Å². The number of esters is 1. The summed E-state index contributed by atoms with van der Waals surface area (Å²) in [5.41, 5.74) is 8.93. The van der Waals surface area contributed by atoms with Gasteiger partial charge in [-0.15, -0.1) is 0 Å². The Balaban J connectivity index is 1.66. The molecular weight excluding hydrogens is 326 g/mol. The zero-order chi connectivity index (χ0) is 17.3. The largest absolute Gasteiger partial charge is 0.449 e. The molecule has 1 aromatic heterocycles. The molecule has 2 heterocycles. The average Bonchev–Trinajstić information content (AvgIpc) is 2.92. The summed E-state index contributed by atoms with van der Waals surface area (Å²) in [6.07, 6.45) is -0.0511. The van der Waals surface area contributed by atoms with Gasteiger partial charge in [-0.25, -0.2) is 4.79 Å². The SMILES string of the molecule is Cc1nsc(N)c1C(=O)O[C@H](C)C(=O)N1CCc2ccccc2C1. The first-order valence-corrected chi connectivity index (χ1v) is 8.53. The summed E-state index contributed by atoms with van der Waals surface area (Å²) >= 11 is 1.05. The van der Waals surface area contributed by atoms with Crippen molar-refractivity contribution in [2.24, 2.45) is 0 Å². The minimum atomic E-state index is -0.860. The van der Waals surface area contributed by atoms with Crippen LogP contribution < -0.4 is 5.73 Å². The molecule has 24 heavy (non-hydrogen) atoms. The monoisotopic (exact) mass is 345 g/mol. The summed E-state index contributed by atoms with van der Waals surface area (Å²) in [6, 6.07) is 8.07. The zero-order valence-corrected chi connectivity index (χ0v) is 14.4. The Kier molecular flexibility index (Phi) is 4.53. The van der Waals surface area contributed by atoms with Crippen LogP contribution in [0.2, 0.25) is 0 Å². The fourth-order valence-electron chi connectivity index (χ4n) is 2.85. The molecule has 0 saturated heterocycles. The number of carbonyl (C=O) groups excluding carboxylic acids is 2. The molecule has 1 atom stereocenters. The van der Waals surface area contributed by atoms with Crippen molar-refractivity contribution in [1.29, 1.82) is 0 Å². The summed E-state index contributed by atoms with van der Waals surface area (Å²) in [6.45, 7) is 4.44. The number of nitrogens with zero attached hydrogens (tertiary/aromatic N) is 2.